The highest BCUT2D eigenvalue weighted by Crippen LogP contribution is 2.25. The summed E-state index contributed by atoms with van der Waals surface area (Å²) in [4.78, 5) is 21.7. The van der Waals surface area contributed by atoms with Crippen LogP contribution < -0.4 is 0 Å². The van der Waals surface area contributed by atoms with E-state index >= 15 is 0 Å². The second-order valence-corrected chi connectivity index (χ2v) is 7.00. The summed E-state index contributed by atoms with van der Waals surface area (Å²) in [6.07, 6.45) is 4.80. The van der Waals surface area contributed by atoms with E-state index < -0.39 is 0 Å². The van der Waals surface area contributed by atoms with Crippen LogP contribution in [0.15, 0.2) is 22.9 Å². The van der Waals surface area contributed by atoms with Crippen LogP contribution in [-0.4, -0.2) is 51.4 Å². The summed E-state index contributed by atoms with van der Waals surface area (Å²) < 4.78 is 7.65. The number of aryl methyl sites for hydroxylation is 3. The van der Waals surface area contributed by atoms with Crippen LogP contribution in [0, 0.1) is 13.8 Å². The number of hydrogen-bond acceptors (Lipinski definition) is 4. The van der Waals surface area contributed by atoms with E-state index in [0.29, 0.717) is 0 Å². The number of nitrogens with zero attached hydrogens (tertiary/aromatic N) is 4. The van der Waals surface area contributed by atoms with Gasteiger partial charge < -0.3 is 13.9 Å². The minimum atomic E-state index is -0.154. The molecular formula is C19H28N4O2. The van der Waals surface area contributed by atoms with Gasteiger partial charge in [-0.2, -0.15) is 0 Å². The van der Waals surface area contributed by atoms with Gasteiger partial charge >= 0.3 is 0 Å². The standard InChI is InChI=1S/C19H28N4O2/c1-14-12-17(16(3)25-14)15(2)19(24)23-8-5-7-22(10-11-23)13-18-20-6-9-21(18)4/h6,9,12,15H,5,7-8,10-11,13H2,1-4H3/t15-/m1/s1. The second kappa shape index (κ2) is 7.44. The Hall–Kier alpha value is -2.08. The van der Waals surface area contributed by atoms with Crippen LogP contribution in [0.2, 0.25) is 0 Å². The zero-order valence-electron chi connectivity index (χ0n) is 15.7. The van der Waals surface area contributed by atoms with Crippen LogP contribution in [0.5, 0.6) is 0 Å². The second-order valence-electron chi connectivity index (χ2n) is 7.00. The quantitative estimate of drug-likeness (QED) is 0.855. The number of rotatable bonds is 4. The maximum absolute atomic E-state index is 12.9. The molecule has 0 aromatic carbocycles. The number of carbonyl (C=O) groups is 1. The van der Waals surface area contributed by atoms with Crippen molar-refractivity contribution in [1.82, 2.24) is 19.4 Å². The topological polar surface area (TPSA) is 54.5 Å². The van der Waals surface area contributed by atoms with Crippen LogP contribution in [0.25, 0.3) is 0 Å². The molecule has 3 rings (SSSR count). The third-order valence-corrected chi connectivity index (χ3v) is 5.10. The first-order valence-corrected chi connectivity index (χ1v) is 9.00. The lowest BCUT2D eigenvalue weighted by molar-refractivity contribution is -0.132. The Balaban J connectivity index is 1.61. The van der Waals surface area contributed by atoms with Gasteiger partial charge in [-0.25, -0.2) is 4.98 Å². The van der Waals surface area contributed by atoms with Crippen LogP contribution in [-0.2, 0) is 18.4 Å². The summed E-state index contributed by atoms with van der Waals surface area (Å²) in [6.45, 7) is 10.1. The first-order valence-electron chi connectivity index (χ1n) is 9.00. The predicted molar refractivity (Wildman–Crippen MR) is 96.3 cm³/mol. The maximum atomic E-state index is 12.9. The van der Waals surface area contributed by atoms with Gasteiger partial charge in [-0.1, -0.05) is 0 Å². The summed E-state index contributed by atoms with van der Waals surface area (Å²) >= 11 is 0. The molecule has 0 bridgehead atoms. The molecule has 0 N–H and O–H groups in total. The normalized spacial score (nSPS) is 17.5. The van der Waals surface area contributed by atoms with Crippen LogP contribution >= 0.6 is 0 Å². The van der Waals surface area contributed by atoms with Crippen molar-refractivity contribution in [3.8, 4) is 0 Å². The predicted octanol–water partition coefficient (Wildman–Crippen LogP) is 2.47. The Labute approximate surface area is 149 Å². The molecule has 0 unspecified atom stereocenters. The molecule has 1 saturated heterocycles. The molecule has 1 fully saturated rings. The van der Waals surface area contributed by atoms with Crippen molar-refractivity contribution < 1.29 is 9.21 Å². The fourth-order valence-electron chi connectivity index (χ4n) is 3.59. The fourth-order valence-corrected chi connectivity index (χ4v) is 3.59. The summed E-state index contributed by atoms with van der Waals surface area (Å²) in [5.74, 6) is 2.83. The first kappa shape index (κ1) is 17.7. The third-order valence-electron chi connectivity index (χ3n) is 5.10. The highest BCUT2D eigenvalue weighted by Gasteiger charge is 2.26. The molecule has 1 aliphatic rings. The molecule has 1 aliphatic heterocycles. The first-order chi connectivity index (χ1) is 12.0. The van der Waals surface area contributed by atoms with Crippen LogP contribution in [0.4, 0.5) is 0 Å². The Morgan fingerprint density at radius 1 is 1.28 bits per heavy atom. The van der Waals surface area contributed by atoms with Crippen molar-refractivity contribution in [2.45, 2.75) is 39.7 Å². The van der Waals surface area contributed by atoms with Gasteiger partial charge in [0, 0.05) is 51.2 Å². The van der Waals surface area contributed by atoms with E-state index in [0.717, 1.165) is 62.1 Å². The van der Waals surface area contributed by atoms with E-state index in [2.05, 4.69) is 14.5 Å². The Morgan fingerprint density at radius 2 is 2.08 bits per heavy atom. The van der Waals surface area contributed by atoms with Gasteiger partial charge in [0.05, 0.1) is 12.5 Å². The number of carbonyl (C=O) groups excluding carboxylic acids is 1. The lowest BCUT2D eigenvalue weighted by Crippen LogP contribution is -2.37. The lowest BCUT2D eigenvalue weighted by atomic mass is 10.00. The van der Waals surface area contributed by atoms with Gasteiger partial charge in [-0.15, -0.1) is 0 Å². The van der Waals surface area contributed by atoms with Gasteiger partial charge in [0.15, 0.2) is 0 Å². The van der Waals surface area contributed by atoms with E-state index in [1.807, 2.05) is 51.2 Å². The smallest absolute Gasteiger partial charge is 0.230 e. The molecule has 0 spiro atoms. The molecule has 0 aliphatic carbocycles. The SMILES string of the molecule is Cc1cc([C@@H](C)C(=O)N2CCCN(Cc3nccn3C)CC2)c(C)o1. The van der Waals surface area contributed by atoms with E-state index in [4.69, 9.17) is 4.42 Å². The molecule has 6 nitrogen and oxygen atoms in total. The van der Waals surface area contributed by atoms with Crippen molar-refractivity contribution in [3.05, 3.63) is 41.4 Å². The van der Waals surface area contributed by atoms with Crippen LogP contribution in [0.1, 0.15) is 42.2 Å². The van der Waals surface area contributed by atoms with Gasteiger partial charge in [-0.3, -0.25) is 9.69 Å². The number of imidazole rings is 1. The Kier molecular flexibility index (Phi) is 5.27. The molecule has 25 heavy (non-hydrogen) atoms. The maximum Gasteiger partial charge on any atom is 0.230 e. The van der Waals surface area contributed by atoms with Gasteiger partial charge in [0.25, 0.3) is 0 Å². The van der Waals surface area contributed by atoms with Crippen LogP contribution in [0.3, 0.4) is 0 Å². The molecule has 0 saturated carbocycles. The highest BCUT2D eigenvalue weighted by atomic mass is 16.3. The van der Waals surface area contributed by atoms with Gasteiger partial charge in [0.2, 0.25) is 5.91 Å². The zero-order valence-corrected chi connectivity index (χ0v) is 15.7. The number of furan rings is 1. The van der Waals surface area contributed by atoms with Gasteiger partial charge in [0.1, 0.15) is 17.3 Å². The Bertz CT molecular complexity index is 734. The van der Waals surface area contributed by atoms with Gasteiger partial charge in [-0.05, 0) is 33.3 Å². The van der Waals surface area contributed by atoms with E-state index in [1.165, 1.54) is 0 Å². The van der Waals surface area contributed by atoms with Crippen molar-refractivity contribution in [2.24, 2.45) is 7.05 Å². The molecule has 3 heterocycles. The molecule has 6 heteroatoms. The number of hydrogen-bond donors (Lipinski definition) is 0. The lowest BCUT2D eigenvalue weighted by Gasteiger charge is -2.24. The number of aromatic nitrogens is 2. The zero-order chi connectivity index (χ0) is 18.0. The summed E-state index contributed by atoms with van der Waals surface area (Å²) in [5.41, 5.74) is 1.01. The molecule has 1 atom stereocenters. The summed E-state index contributed by atoms with van der Waals surface area (Å²) in [5, 5.41) is 0. The largest absolute Gasteiger partial charge is 0.466 e. The molecule has 2 aromatic rings. The van der Waals surface area contributed by atoms with E-state index in [9.17, 15) is 4.79 Å². The highest BCUT2D eigenvalue weighted by molar-refractivity contribution is 5.83. The summed E-state index contributed by atoms with van der Waals surface area (Å²) in [6, 6.07) is 1.99. The minimum Gasteiger partial charge on any atom is -0.466 e. The summed E-state index contributed by atoms with van der Waals surface area (Å²) in [7, 11) is 2.02. The Morgan fingerprint density at radius 3 is 2.72 bits per heavy atom. The van der Waals surface area contributed by atoms with E-state index in [1.54, 1.807) is 0 Å². The molecule has 2 aromatic heterocycles. The number of amides is 1. The van der Waals surface area contributed by atoms with Crippen molar-refractivity contribution in [2.75, 3.05) is 26.2 Å². The molecule has 0 radical (unpaired) electrons. The average molecular weight is 344 g/mol. The van der Waals surface area contributed by atoms with E-state index in [-0.39, 0.29) is 11.8 Å². The average Bonchev–Trinajstić information content (AvgIpc) is 3.03. The molecule has 1 amide bonds. The minimum absolute atomic E-state index is 0.154. The van der Waals surface area contributed by atoms with Crippen molar-refractivity contribution >= 4 is 5.91 Å². The molecular weight excluding hydrogens is 316 g/mol. The monoisotopic (exact) mass is 344 g/mol. The molecule has 136 valence electrons. The van der Waals surface area contributed by atoms with Crippen molar-refractivity contribution in [1.29, 1.82) is 0 Å². The fraction of sp³-hybridized carbons (Fsp3) is 0.579. The van der Waals surface area contributed by atoms with Crippen molar-refractivity contribution in [3.63, 3.8) is 0 Å². The third kappa shape index (κ3) is 3.95.